The minimum Gasteiger partial charge on any atom is -0.391 e. The average molecular weight is 209 g/mol. The summed E-state index contributed by atoms with van der Waals surface area (Å²) in [5.41, 5.74) is -0.142. The van der Waals surface area contributed by atoms with Gasteiger partial charge in [0.2, 0.25) is 0 Å². The summed E-state index contributed by atoms with van der Waals surface area (Å²) >= 11 is 0. The van der Waals surface area contributed by atoms with E-state index in [9.17, 15) is 14.7 Å². The largest absolute Gasteiger partial charge is 0.391 e. The second-order valence-corrected chi connectivity index (χ2v) is 3.49. The van der Waals surface area contributed by atoms with Gasteiger partial charge >= 0.3 is 0 Å². The minimum absolute atomic E-state index is 0.198. The van der Waals surface area contributed by atoms with Crippen molar-refractivity contribution in [1.82, 2.24) is 14.9 Å². The second-order valence-electron chi connectivity index (χ2n) is 3.49. The molecule has 1 aliphatic rings. The summed E-state index contributed by atoms with van der Waals surface area (Å²) in [6.07, 6.45) is 2.50. The van der Waals surface area contributed by atoms with Crippen LogP contribution in [-0.4, -0.2) is 45.1 Å². The van der Waals surface area contributed by atoms with Crippen LogP contribution in [0.2, 0.25) is 0 Å². The topological polar surface area (TPSA) is 86.3 Å². The van der Waals surface area contributed by atoms with E-state index in [0.717, 1.165) is 6.20 Å². The molecule has 15 heavy (non-hydrogen) atoms. The van der Waals surface area contributed by atoms with Crippen molar-refractivity contribution in [2.24, 2.45) is 0 Å². The van der Waals surface area contributed by atoms with Crippen LogP contribution in [0.3, 0.4) is 0 Å². The first-order valence-corrected chi connectivity index (χ1v) is 4.69. The molecule has 1 unspecified atom stereocenters. The Balaban J connectivity index is 2.14. The number of β-amino-alcohol motifs (C(OH)–C–C–N with tert-alkyl or cyclic N) is 1. The van der Waals surface area contributed by atoms with Crippen LogP contribution in [0.5, 0.6) is 0 Å². The maximum Gasteiger partial charge on any atom is 0.274 e. The zero-order valence-corrected chi connectivity index (χ0v) is 8.01. The Morgan fingerprint density at radius 3 is 3.00 bits per heavy atom. The monoisotopic (exact) mass is 209 g/mol. The SMILES string of the molecule is O=C(c1c[nH]c(=O)cn1)N1CCC(O)C1. The fourth-order valence-electron chi connectivity index (χ4n) is 1.55. The van der Waals surface area contributed by atoms with Gasteiger partial charge in [0.05, 0.1) is 12.3 Å². The minimum atomic E-state index is -0.447. The van der Waals surface area contributed by atoms with Crippen molar-refractivity contribution >= 4 is 5.91 Å². The van der Waals surface area contributed by atoms with E-state index in [4.69, 9.17) is 0 Å². The molecule has 1 fully saturated rings. The van der Waals surface area contributed by atoms with Crippen LogP contribution in [0.4, 0.5) is 0 Å². The van der Waals surface area contributed by atoms with Crippen LogP contribution >= 0.6 is 0 Å². The number of carbonyl (C=O) groups excluding carboxylic acids is 1. The van der Waals surface area contributed by atoms with E-state index in [-0.39, 0.29) is 17.2 Å². The third-order valence-electron chi connectivity index (χ3n) is 2.34. The smallest absolute Gasteiger partial charge is 0.274 e. The predicted octanol–water partition coefficient (Wildman–Crippen LogP) is -1.02. The van der Waals surface area contributed by atoms with Crippen molar-refractivity contribution in [2.45, 2.75) is 12.5 Å². The van der Waals surface area contributed by atoms with Crippen molar-refractivity contribution < 1.29 is 9.90 Å². The van der Waals surface area contributed by atoms with Gasteiger partial charge in [-0.05, 0) is 6.42 Å². The molecule has 1 atom stereocenters. The lowest BCUT2D eigenvalue weighted by Crippen LogP contribution is -2.30. The zero-order valence-electron chi connectivity index (χ0n) is 8.01. The van der Waals surface area contributed by atoms with Crippen molar-refractivity contribution in [1.29, 1.82) is 0 Å². The van der Waals surface area contributed by atoms with E-state index >= 15 is 0 Å². The average Bonchev–Trinajstić information content (AvgIpc) is 2.65. The van der Waals surface area contributed by atoms with Gasteiger partial charge in [0.1, 0.15) is 5.69 Å². The molecule has 80 valence electrons. The first kappa shape index (κ1) is 9.85. The maximum atomic E-state index is 11.7. The Kier molecular flexibility index (Phi) is 2.51. The van der Waals surface area contributed by atoms with Gasteiger partial charge in [0.15, 0.2) is 0 Å². The number of likely N-dealkylation sites (tertiary alicyclic amines) is 1. The van der Waals surface area contributed by atoms with Crippen LogP contribution in [0.15, 0.2) is 17.2 Å². The maximum absolute atomic E-state index is 11.7. The van der Waals surface area contributed by atoms with E-state index in [0.29, 0.717) is 19.5 Å². The zero-order chi connectivity index (χ0) is 10.8. The molecule has 6 heteroatoms. The van der Waals surface area contributed by atoms with E-state index in [2.05, 4.69) is 9.97 Å². The molecule has 2 N–H and O–H groups in total. The molecule has 1 aliphatic heterocycles. The number of nitrogens with zero attached hydrogens (tertiary/aromatic N) is 2. The first-order chi connectivity index (χ1) is 7.16. The highest BCUT2D eigenvalue weighted by molar-refractivity contribution is 5.92. The number of rotatable bonds is 1. The third kappa shape index (κ3) is 2.04. The molecule has 0 aromatic carbocycles. The van der Waals surface area contributed by atoms with Crippen LogP contribution < -0.4 is 5.56 Å². The highest BCUT2D eigenvalue weighted by Gasteiger charge is 2.25. The molecular weight excluding hydrogens is 198 g/mol. The molecule has 1 aromatic heterocycles. The second kappa shape index (κ2) is 3.82. The summed E-state index contributed by atoms with van der Waals surface area (Å²) in [6.45, 7) is 0.862. The number of aromatic amines is 1. The quantitative estimate of drug-likeness (QED) is 0.619. The summed E-state index contributed by atoms with van der Waals surface area (Å²) in [5.74, 6) is -0.261. The van der Waals surface area contributed by atoms with Gasteiger partial charge in [0.25, 0.3) is 11.5 Å². The van der Waals surface area contributed by atoms with Crippen molar-refractivity contribution in [3.8, 4) is 0 Å². The molecule has 2 heterocycles. The van der Waals surface area contributed by atoms with Gasteiger partial charge in [-0.15, -0.1) is 0 Å². The summed E-state index contributed by atoms with van der Waals surface area (Å²) in [6, 6.07) is 0. The van der Waals surface area contributed by atoms with E-state index < -0.39 is 6.10 Å². The van der Waals surface area contributed by atoms with Crippen molar-refractivity contribution in [2.75, 3.05) is 13.1 Å². The predicted molar refractivity (Wildman–Crippen MR) is 51.4 cm³/mol. The highest BCUT2D eigenvalue weighted by Crippen LogP contribution is 2.11. The number of aliphatic hydroxyl groups is 1. The van der Waals surface area contributed by atoms with Gasteiger partial charge in [0, 0.05) is 19.3 Å². The number of carbonyl (C=O) groups is 1. The van der Waals surface area contributed by atoms with Gasteiger partial charge < -0.3 is 15.0 Å². The fourth-order valence-corrected chi connectivity index (χ4v) is 1.55. The van der Waals surface area contributed by atoms with Gasteiger partial charge in [-0.2, -0.15) is 0 Å². The van der Waals surface area contributed by atoms with Crippen LogP contribution in [0.25, 0.3) is 0 Å². The molecule has 0 spiro atoms. The molecule has 1 saturated heterocycles. The summed E-state index contributed by atoms with van der Waals surface area (Å²) in [5, 5.41) is 9.27. The number of aliphatic hydroxyl groups excluding tert-OH is 1. The Bertz CT molecular complexity index is 408. The van der Waals surface area contributed by atoms with Gasteiger partial charge in [-0.1, -0.05) is 0 Å². The number of amides is 1. The Morgan fingerprint density at radius 2 is 2.47 bits per heavy atom. The van der Waals surface area contributed by atoms with Gasteiger partial charge in [-0.3, -0.25) is 9.59 Å². The Morgan fingerprint density at radius 1 is 1.67 bits per heavy atom. The normalized spacial score (nSPS) is 20.6. The first-order valence-electron chi connectivity index (χ1n) is 4.69. The van der Waals surface area contributed by atoms with Gasteiger partial charge in [-0.25, -0.2) is 4.98 Å². The lowest BCUT2D eigenvalue weighted by atomic mass is 10.3. The van der Waals surface area contributed by atoms with E-state index in [1.165, 1.54) is 11.1 Å². The standard InChI is InChI=1S/C9H11N3O3/c13-6-1-2-12(5-6)9(15)7-3-11-8(14)4-10-7/h3-4,6,13H,1-2,5H2,(H,11,14). The third-order valence-corrected chi connectivity index (χ3v) is 2.34. The number of H-pyrrole nitrogens is 1. The highest BCUT2D eigenvalue weighted by atomic mass is 16.3. The summed E-state index contributed by atoms with van der Waals surface area (Å²) in [4.78, 5) is 30.1. The molecule has 6 nitrogen and oxygen atoms in total. The van der Waals surface area contributed by atoms with Crippen molar-refractivity contribution in [3.63, 3.8) is 0 Å². The van der Waals surface area contributed by atoms with Crippen LogP contribution in [0, 0.1) is 0 Å². The van der Waals surface area contributed by atoms with Crippen molar-refractivity contribution in [3.05, 3.63) is 28.4 Å². The molecule has 1 amide bonds. The molecule has 0 radical (unpaired) electrons. The van der Waals surface area contributed by atoms with E-state index in [1.54, 1.807) is 0 Å². The molecule has 0 aliphatic carbocycles. The fraction of sp³-hybridized carbons (Fsp3) is 0.444. The number of hydrogen-bond acceptors (Lipinski definition) is 4. The molecule has 1 aromatic rings. The summed E-state index contributed by atoms with van der Waals surface area (Å²) in [7, 11) is 0. The number of hydrogen-bond donors (Lipinski definition) is 2. The lowest BCUT2D eigenvalue weighted by molar-refractivity contribution is 0.0758. The molecule has 0 bridgehead atoms. The molecule has 2 rings (SSSR count). The lowest BCUT2D eigenvalue weighted by Gasteiger charge is -2.14. The van der Waals surface area contributed by atoms with Crippen LogP contribution in [-0.2, 0) is 0 Å². The molecular formula is C9H11N3O3. The number of nitrogens with one attached hydrogen (secondary N) is 1. The Labute approximate surface area is 85.6 Å². The summed E-state index contributed by atoms with van der Waals surface area (Å²) < 4.78 is 0. The molecule has 0 saturated carbocycles. The van der Waals surface area contributed by atoms with E-state index in [1.807, 2.05) is 0 Å². The Hall–Kier alpha value is -1.69. The number of aromatic nitrogens is 2. The van der Waals surface area contributed by atoms with Crippen LogP contribution in [0.1, 0.15) is 16.9 Å².